The molecule has 108 valence electrons. The fraction of sp³-hybridized carbons (Fsp3) is 0.400. The Morgan fingerprint density at radius 1 is 1.25 bits per heavy atom. The van der Waals surface area contributed by atoms with Crippen LogP contribution in [0.4, 0.5) is 0 Å². The molecule has 0 fully saturated rings. The molecule has 5 heteroatoms. The summed E-state index contributed by atoms with van der Waals surface area (Å²) in [5, 5.41) is 0.959. The van der Waals surface area contributed by atoms with E-state index in [4.69, 9.17) is 9.47 Å². The molecule has 0 spiro atoms. The first-order valence-corrected chi connectivity index (χ1v) is 7.86. The van der Waals surface area contributed by atoms with E-state index in [-0.39, 0.29) is 0 Å². The molecule has 0 unspecified atom stereocenters. The van der Waals surface area contributed by atoms with Gasteiger partial charge in [-0.3, -0.25) is 0 Å². The standard InChI is InChI=1S/C15H19NO2S2/c1-10-4-5-13(11(2)6-10)18-8-15-16-12(7-17-3)14(9-19)20-15/h4-6,19H,7-9H2,1-3H3. The van der Waals surface area contributed by atoms with Gasteiger partial charge in [0.1, 0.15) is 17.4 Å². The molecule has 1 aromatic carbocycles. The quantitative estimate of drug-likeness (QED) is 0.821. The summed E-state index contributed by atoms with van der Waals surface area (Å²) >= 11 is 5.96. The molecule has 20 heavy (non-hydrogen) atoms. The molecule has 0 aliphatic rings. The maximum Gasteiger partial charge on any atom is 0.140 e. The molecule has 2 rings (SSSR count). The van der Waals surface area contributed by atoms with Gasteiger partial charge in [-0.1, -0.05) is 17.7 Å². The molecule has 0 N–H and O–H groups in total. The predicted molar refractivity (Wildman–Crippen MR) is 85.8 cm³/mol. The molecule has 0 radical (unpaired) electrons. The zero-order chi connectivity index (χ0) is 14.5. The minimum absolute atomic E-state index is 0.485. The predicted octanol–water partition coefficient (Wildman–Crippen LogP) is 3.92. The average Bonchev–Trinajstić information content (AvgIpc) is 2.80. The molecule has 1 heterocycles. The van der Waals surface area contributed by atoms with Crippen LogP contribution in [0.2, 0.25) is 0 Å². The lowest BCUT2D eigenvalue weighted by molar-refractivity contribution is 0.181. The second kappa shape index (κ2) is 7.11. The van der Waals surface area contributed by atoms with Crippen LogP contribution in [0, 0.1) is 13.8 Å². The SMILES string of the molecule is COCc1nc(COc2ccc(C)cc2C)sc1CS. The van der Waals surface area contributed by atoms with Gasteiger partial charge in [-0.25, -0.2) is 4.98 Å². The van der Waals surface area contributed by atoms with Gasteiger partial charge in [0.2, 0.25) is 0 Å². The third-order valence-electron chi connectivity index (χ3n) is 2.93. The van der Waals surface area contributed by atoms with E-state index >= 15 is 0 Å². The highest BCUT2D eigenvalue weighted by atomic mass is 32.1. The number of benzene rings is 1. The molecule has 2 aromatic rings. The van der Waals surface area contributed by atoms with Crippen molar-refractivity contribution < 1.29 is 9.47 Å². The summed E-state index contributed by atoms with van der Waals surface area (Å²) in [7, 11) is 1.67. The number of thiol groups is 1. The summed E-state index contributed by atoms with van der Waals surface area (Å²) in [5.41, 5.74) is 3.35. The highest BCUT2D eigenvalue weighted by molar-refractivity contribution is 7.79. The summed E-state index contributed by atoms with van der Waals surface area (Å²) in [6.07, 6.45) is 0. The molecular weight excluding hydrogens is 290 g/mol. The Morgan fingerprint density at radius 2 is 2.05 bits per heavy atom. The van der Waals surface area contributed by atoms with Gasteiger partial charge >= 0.3 is 0 Å². The Bertz CT molecular complexity index is 581. The van der Waals surface area contributed by atoms with Crippen LogP contribution in [0.15, 0.2) is 18.2 Å². The molecule has 0 aliphatic carbocycles. The number of aromatic nitrogens is 1. The summed E-state index contributed by atoms with van der Waals surface area (Å²) in [6.45, 7) is 5.14. The van der Waals surface area contributed by atoms with Gasteiger partial charge in [0.05, 0.1) is 12.3 Å². The maximum atomic E-state index is 5.85. The minimum atomic E-state index is 0.485. The van der Waals surface area contributed by atoms with Gasteiger partial charge in [-0.2, -0.15) is 12.6 Å². The van der Waals surface area contributed by atoms with E-state index in [9.17, 15) is 0 Å². The van der Waals surface area contributed by atoms with Crippen molar-refractivity contribution in [3.63, 3.8) is 0 Å². The fourth-order valence-electron chi connectivity index (χ4n) is 1.97. The second-order valence-electron chi connectivity index (χ2n) is 4.63. The van der Waals surface area contributed by atoms with Crippen molar-refractivity contribution in [2.75, 3.05) is 7.11 Å². The number of hydrogen-bond donors (Lipinski definition) is 1. The highest BCUT2D eigenvalue weighted by Crippen LogP contribution is 2.24. The zero-order valence-corrected chi connectivity index (χ0v) is 13.7. The van der Waals surface area contributed by atoms with Crippen molar-refractivity contribution in [1.82, 2.24) is 4.98 Å². The highest BCUT2D eigenvalue weighted by Gasteiger charge is 2.10. The lowest BCUT2D eigenvalue weighted by atomic mass is 10.1. The summed E-state index contributed by atoms with van der Waals surface area (Å²) < 4.78 is 11.0. The molecule has 0 bridgehead atoms. The lowest BCUT2D eigenvalue weighted by Crippen LogP contribution is -1.98. The van der Waals surface area contributed by atoms with Gasteiger partial charge < -0.3 is 9.47 Å². The van der Waals surface area contributed by atoms with Crippen molar-refractivity contribution in [3.8, 4) is 5.75 Å². The van der Waals surface area contributed by atoms with Crippen molar-refractivity contribution in [1.29, 1.82) is 0 Å². The Morgan fingerprint density at radius 3 is 2.70 bits per heavy atom. The maximum absolute atomic E-state index is 5.85. The average molecular weight is 309 g/mol. The topological polar surface area (TPSA) is 31.4 Å². The van der Waals surface area contributed by atoms with Gasteiger partial charge in [-0.15, -0.1) is 11.3 Å². The Labute approximate surface area is 129 Å². The third-order valence-corrected chi connectivity index (χ3v) is 4.53. The molecule has 0 amide bonds. The Kier molecular flexibility index (Phi) is 5.46. The van der Waals surface area contributed by atoms with E-state index in [1.54, 1.807) is 18.4 Å². The molecular formula is C15H19NO2S2. The monoisotopic (exact) mass is 309 g/mol. The van der Waals surface area contributed by atoms with E-state index in [2.05, 4.69) is 43.6 Å². The first-order valence-electron chi connectivity index (χ1n) is 6.41. The number of ether oxygens (including phenoxy) is 2. The zero-order valence-electron chi connectivity index (χ0n) is 12.0. The van der Waals surface area contributed by atoms with Gasteiger partial charge in [-0.05, 0) is 25.5 Å². The first-order chi connectivity index (χ1) is 9.63. The van der Waals surface area contributed by atoms with Crippen LogP contribution in [0.5, 0.6) is 5.75 Å². The number of rotatable bonds is 6. The van der Waals surface area contributed by atoms with E-state index in [1.807, 2.05) is 6.07 Å². The number of aryl methyl sites for hydroxylation is 2. The van der Waals surface area contributed by atoms with E-state index in [0.717, 1.165) is 26.9 Å². The smallest absolute Gasteiger partial charge is 0.140 e. The normalized spacial score (nSPS) is 10.8. The second-order valence-corrected chi connectivity index (χ2v) is 6.11. The number of methoxy groups -OCH3 is 1. The number of hydrogen-bond acceptors (Lipinski definition) is 5. The minimum Gasteiger partial charge on any atom is -0.486 e. The van der Waals surface area contributed by atoms with Crippen LogP contribution >= 0.6 is 24.0 Å². The van der Waals surface area contributed by atoms with E-state index < -0.39 is 0 Å². The summed E-state index contributed by atoms with van der Waals surface area (Å²) in [4.78, 5) is 5.70. The van der Waals surface area contributed by atoms with Gasteiger partial charge in [0.15, 0.2) is 0 Å². The molecule has 3 nitrogen and oxygen atoms in total. The van der Waals surface area contributed by atoms with Crippen LogP contribution in [-0.4, -0.2) is 12.1 Å². The van der Waals surface area contributed by atoms with Gasteiger partial charge in [0, 0.05) is 17.7 Å². The van der Waals surface area contributed by atoms with E-state index in [0.29, 0.717) is 19.0 Å². The Balaban J connectivity index is 2.06. The fourth-order valence-corrected chi connectivity index (χ4v) is 3.19. The van der Waals surface area contributed by atoms with Crippen LogP contribution in [0.25, 0.3) is 0 Å². The lowest BCUT2D eigenvalue weighted by Gasteiger charge is -2.08. The van der Waals surface area contributed by atoms with Crippen LogP contribution < -0.4 is 4.74 Å². The largest absolute Gasteiger partial charge is 0.486 e. The van der Waals surface area contributed by atoms with Crippen molar-refractivity contribution in [3.05, 3.63) is 44.9 Å². The van der Waals surface area contributed by atoms with E-state index in [1.165, 1.54) is 5.56 Å². The molecule has 0 atom stereocenters. The molecule has 1 aromatic heterocycles. The van der Waals surface area contributed by atoms with Crippen molar-refractivity contribution >= 4 is 24.0 Å². The summed E-state index contributed by atoms with van der Waals surface area (Å²) in [6, 6.07) is 6.18. The number of thiazole rings is 1. The molecule has 0 saturated carbocycles. The first kappa shape index (κ1) is 15.4. The Hall–Kier alpha value is -1.04. The summed E-state index contributed by atoms with van der Waals surface area (Å²) in [5.74, 6) is 1.59. The molecule has 0 saturated heterocycles. The van der Waals surface area contributed by atoms with Crippen molar-refractivity contribution in [2.45, 2.75) is 32.8 Å². The third kappa shape index (κ3) is 3.75. The number of nitrogens with zero attached hydrogens (tertiary/aromatic N) is 1. The van der Waals surface area contributed by atoms with Crippen molar-refractivity contribution in [2.24, 2.45) is 0 Å². The van der Waals surface area contributed by atoms with Crippen LogP contribution in [0.3, 0.4) is 0 Å². The van der Waals surface area contributed by atoms with Gasteiger partial charge in [0.25, 0.3) is 0 Å². The van der Waals surface area contributed by atoms with Crippen LogP contribution in [0.1, 0.15) is 26.7 Å². The van der Waals surface area contributed by atoms with Crippen LogP contribution in [-0.2, 0) is 23.7 Å². The molecule has 0 aliphatic heterocycles.